The second-order valence-electron chi connectivity index (χ2n) is 6.85. The lowest BCUT2D eigenvalue weighted by Gasteiger charge is -2.61. The van der Waals surface area contributed by atoms with Crippen molar-refractivity contribution < 1.29 is 0 Å². The van der Waals surface area contributed by atoms with Crippen LogP contribution in [0.3, 0.4) is 0 Å². The van der Waals surface area contributed by atoms with E-state index >= 15 is 0 Å². The maximum atomic E-state index is 6.62. The van der Waals surface area contributed by atoms with Crippen LogP contribution in [-0.4, -0.2) is 10.5 Å². The molecular weight excluding hydrogens is 208 g/mol. The highest BCUT2D eigenvalue weighted by molar-refractivity contribution is 5.29. The lowest BCUT2D eigenvalue weighted by Crippen LogP contribution is -2.61. The minimum absolute atomic E-state index is 0.139. The molecule has 4 aliphatic carbocycles. The Labute approximate surface area is 103 Å². The Balaban J connectivity index is 1.79. The van der Waals surface area contributed by atoms with E-state index in [2.05, 4.69) is 23.3 Å². The van der Waals surface area contributed by atoms with Crippen molar-refractivity contribution in [3.05, 3.63) is 30.1 Å². The summed E-state index contributed by atoms with van der Waals surface area (Å²) < 4.78 is 0. The maximum Gasteiger partial charge on any atom is 0.0305 e. The molecule has 5 rings (SSSR count). The normalized spacial score (nSPS) is 47.4. The number of rotatable bonds is 1. The van der Waals surface area contributed by atoms with Gasteiger partial charge in [-0.05, 0) is 67.4 Å². The van der Waals surface area contributed by atoms with Crippen LogP contribution in [0.4, 0.5) is 0 Å². The van der Waals surface area contributed by atoms with Crippen LogP contribution in [0.1, 0.15) is 44.1 Å². The van der Waals surface area contributed by atoms with Crippen LogP contribution >= 0.6 is 0 Å². The molecule has 4 bridgehead atoms. The van der Waals surface area contributed by atoms with Gasteiger partial charge in [-0.3, -0.25) is 4.98 Å². The molecule has 4 saturated carbocycles. The van der Waals surface area contributed by atoms with Crippen molar-refractivity contribution in [1.82, 2.24) is 4.98 Å². The van der Waals surface area contributed by atoms with Crippen LogP contribution in [-0.2, 0) is 5.41 Å². The summed E-state index contributed by atoms with van der Waals surface area (Å²) in [5.74, 6) is 1.75. The van der Waals surface area contributed by atoms with Gasteiger partial charge in [0.05, 0.1) is 0 Å². The summed E-state index contributed by atoms with van der Waals surface area (Å²) in [6, 6.07) is 4.35. The van der Waals surface area contributed by atoms with Crippen molar-refractivity contribution in [2.24, 2.45) is 17.6 Å². The van der Waals surface area contributed by atoms with Gasteiger partial charge in [0.15, 0.2) is 0 Å². The first kappa shape index (κ1) is 10.1. The Kier molecular flexibility index (Phi) is 1.84. The van der Waals surface area contributed by atoms with Crippen molar-refractivity contribution in [3.63, 3.8) is 0 Å². The molecule has 1 aromatic heterocycles. The molecule has 0 radical (unpaired) electrons. The van der Waals surface area contributed by atoms with E-state index in [9.17, 15) is 0 Å². The van der Waals surface area contributed by atoms with E-state index in [1.54, 1.807) is 0 Å². The van der Waals surface area contributed by atoms with Crippen molar-refractivity contribution in [2.75, 3.05) is 0 Å². The largest absolute Gasteiger partial charge is 0.325 e. The quantitative estimate of drug-likeness (QED) is 0.802. The van der Waals surface area contributed by atoms with Gasteiger partial charge in [-0.2, -0.15) is 0 Å². The molecule has 90 valence electrons. The highest BCUT2D eigenvalue weighted by Crippen LogP contribution is 2.61. The highest BCUT2D eigenvalue weighted by atomic mass is 14.8. The molecule has 4 aliphatic rings. The predicted octanol–water partition coefficient (Wildman–Crippen LogP) is 2.63. The number of hydrogen-bond donors (Lipinski definition) is 1. The standard InChI is InChI=1S/C15H20N2/c16-15-7-11-4-12(8-15)6-14(5-11,10-15)13-2-1-3-17-9-13/h1-3,9,11-12H,4-8,10,16H2. The molecule has 2 nitrogen and oxygen atoms in total. The predicted molar refractivity (Wildman–Crippen MR) is 67.5 cm³/mol. The monoisotopic (exact) mass is 228 g/mol. The molecule has 17 heavy (non-hydrogen) atoms. The summed E-state index contributed by atoms with van der Waals surface area (Å²) in [6.45, 7) is 0. The van der Waals surface area contributed by atoms with Crippen LogP contribution in [0.2, 0.25) is 0 Å². The first-order chi connectivity index (χ1) is 8.18. The van der Waals surface area contributed by atoms with Gasteiger partial charge < -0.3 is 5.73 Å². The van der Waals surface area contributed by atoms with E-state index in [4.69, 9.17) is 5.73 Å². The Morgan fingerprint density at radius 1 is 1.18 bits per heavy atom. The SMILES string of the molecule is NC12CC3CC(C1)CC(c1cccnc1)(C3)C2. The topological polar surface area (TPSA) is 38.9 Å². The number of hydrogen-bond acceptors (Lipinski definition) is 2. The van der Waals surface area contributed by atoms with Crippen LogP contribution in [0, 0.1) is 11.8 Å². The van der Waals surface area contributed by atoms with E-state index < -0.39 is 0 Å². The molecular formula is C15H20N2. The summed E-state index contributed by atoms with van der Waals surface area (Å²) in [7, 11) is 0. The molecule has 2 atom stereocenters. The fourth-order valence-corrected chi connectivity index (χ4v) is 5.35. The Hall–Kier alpha value is -0.890. The summed E-state index contributed by atoms with van der Waals surface area (Å²) in [5.41, 5.74) is 8.58. The second-order valence-corrected chi connectivity index (χ2v) is 6.85. The fourth-order valence-electron chi connectivity index (χ4n) is 5.35. The highest BCUT2D eigenvalue weighted by Gasteiger charge is 2.56. The summed E-state index contributed by atoms with van der Waals surface area (Å²) >= 11 is 0. The van der Waals surface area contributed by atoms with Crippen molar-refractivity contribution in [2.45, 2.75) is 49.5 Å². The average Bonchev–Trinajstić information content (AvgIpc) is 2.27. The zero-order valence-corrected chi connectivity index (χ0v) is 10.2. The van der Waals surface area contributed by atoms with Gasteiger partial charge in [-0.25, -0.2) is 0 Å². The number of nitrogens with zero attached hydrogens (tertiary/aromatic N) is 1. The third kappa shape index (κ3) is 1.40. The molecule has 0 amide bonds. The molecule has 0 aromatic carbocycles. The molecule has 4 fully saturated rings. The minimum Gasteiger partial charge on any atom is -0.325 e. The number of nitrogens with two attached hydrogens (primary N) is 1. The van der Waals surface area contributed by atoms with Crippen LogP contribution < -0.4 is 5.73 Å². The zero-order chi connectivity index (χ0) is 11.5. The Morgan fingerprint density at radius 3 is 2.53 bits per heavy atom. The summed E-state index contributed by atoms with van der Waals surface area (Å²) in [6.07, 6.45) is 11.8. The lowest BCUT2D eigenvalue weighted by atomic mass is 9.46. The van der Waals surface area contributed by atoms with E-state index in [0.717, 1.165) is 11.8 Å². The van der Waals surface area contributed by atoms with Crippen molar-refractivity contribution in [3.8, 4) is 0 Å². The molecule has 0 aliphatic heterocycles. The van der Waals surface area contributed by atoms with Crippen LogP contribution in [0.15, 0.2) is 24.5 Å². The van der Waals surface area contributed by atoms with Gasteiger partial charge in [0.25, 0.3) is 0 Å². The van der Waals surface area contributed by atoms with E-state index in [1.807, 2.05) is 6.20 Å². The zero-order valence-electron chi connectivity index (χ0n) is 10.2. The van der Waals surface area contributed by atoms with E-state index in [1.165, 1.54) is 44.1 Å². The van der Waals surface area contributed by atoms with Gasteiger partial charge in [0, 0.05) is 17.9 Å². The van der Waals surface area contributed by atoms with E-state index in [0.29, 0.717) is 5.41 Å². The molecule has 2 heteroatoms. The Morgan fingerprint density at radius 2 is 1.94 bits per heavy atom. The molecule has 2 N–H and O–H groups in total. The van der Waals surface area contributed by atoms with Gasteiger partial charge in [-0.1, -0.05) is 6.07 Å². The number of pyridine rings is 1. The first-order valence-electron chi connectivity index (χ1n) is 6.87. The van der Waals surface area contributed by atoms with Crippen molar-refractivity contribution in [1.29, 1.82) is 0 Å². The third-order valence-electron chi connectivity index (χ3n) is 5.38. The van der Waals surface area contributed by atoms with Gasteiger partial charge in [-0.15, -0.1) is 0 Å². The van der Waals surface area contributed by atoms with E-state index in [-0.39, 0.29) is 5.54 Å². The summed E-state index contributed by atoms with van der Waals surface area (Å²) in [5, 5.41) is 0. The molecule has 0 spiro atoms. The Bertz CT molecular complexity index is 425. The molecule has 2 unspecified atom stereocenters. The fraction of sp³-hybridized carbons (Fsp3) is 0.667. The van der Waals surface area contributed by atoms with Gasteiger partial charge in [0.2, 0.25) is 0 Å². The van der Waals surface area contributed by atoms with Crippen molar-refractivity contribution >= 4 is 0 Å². The van der Waals surface area contributed by atoms with Crippen LogP contribution in [0.5, 0.6) is 0 Å². The van der Waals surface area contributed by atoms with Gasteiger partial charge >= 0.3 is 0 Å². The molecule has 1 heterocycles. The van der Waals surface area contributed by atoms with Gasteiger partial charge in [0.1, 0.15) is 0 Å². The maximum absolute atomic E-state index is 6.62. The average molecular weight is 228 g/mol. The number of aromatic nitrogens is 1. The summed E-state index contributed by atoms with van der Waals surface area (Å²) in [4.78, 5) is 4.32. The third-order valence-corrected chi connectivity index (χ3v) is 5.38. The lowest BCUT2D eigenvalue weighted by molar-refractivity contribution is -0.0228. The molecule has 1 aromatic rings. The first-order valence-corrected chi connectivity index (χ1v) is 6.87. The molecule has 0 saturated heterocycles. The second kappa shape index (κ2) is 3.11. The minimum atomic E-state index is 0.139. The smallest absolute Gasteiger partial charge is 0.0305 e. The van der Waals surface area contributed by atoms with Crippen LogP contribution in [0.25, 0.3) is 0 Å².